The molecule has 1 aliphatic rings. The number of nitrogens with zero attached hydrogens (tertiary/aromatic N) is 2. The van der Waals surface area contributed by atoms with Crippen molar-refractivity contribution in [1.29, 1.82) is 0 Å². The second kappa shape index (κ2) is 9.70. The Morgan fingerprint density at radius 2 is 1.57 bits per heavy atom. The number of fused-ring (bicyclic) bond motifs is 1. The second-order valence-electron chi connectivity index (χ2n) is 9.01. The normalized spacial score (nSPS) is 14.1. The van der Waals surface area contributed by atoms with Gasteiger partial charge in [-0.2, -0.15) is 0 Å². The predicted molar refractivity (Wildman–Crippen MR) is 134 cm³/mol. The predicted octanol–water partition coefficient (Wildman–Crippen LogP) is 5.79. The highest BCUT2D eigenvalue weighted by molar-refractivity contribution is 6.06. The van der Waals surface area contributed by atoms with Crippen LogP contribution in [0.5, 0.6) is 0 Å². The molecule has 1 aromatic heterocycles. The maximum atomic E-state index is 13.4. The summed E-state index contributed by atoms with van der Waals surface area (Å²) in [5.74, 6) is 0.0834. The molecule has 1 saturated carbocycles. The van der Waals surface area contributed by atoms with Gasteiger partial charge in [0.2, 0.25) is 0 Å². The number of aromatic nitrogens is 2. The van der Waals surface area contributed by atoms with E-state index < -0.39 is 0 Å². The van der Waals surface area contributed by atoms with Gasteiger partial charge in [-0.15, -0.1) is 0 Å². The van der Waals surface area contributed by atoms with Gasteiger partial charge in [0.05, 0.1) is 11.0 Å². The zero-order valence-corrected chi connectivity index (χ0v) is 19.6. The molecule has 1 aliphatic carbocycles. The van der Waals surface area contributed by atoms with Crippen LogP contribution in [-0.2, 0) is 0 Å². The molecule has 0 saturated heterocycles. The standard InChI is InChI=1S/C28H27FN4O2/c1-18-30-25-16-9-20(17-26(25)33(18)24-14-10-21(29)11-15-24)28(35)32-23-12-7-19(8-13-23)27(34)31-22-5-3-2-4-6-22/h7-17,22H,2-6H2,1H3,(H,31,34)(H,32,35). The van der Waals surface area contributed by atoms with E-state index in [0.717, 1.165) is 48.2 Å². The Hall–Kier alpha value is -4.00. The van der Waals surface area contributed by atoms with Crippen molar-refractivity contribution >= 4 is 28.5 Å². The van der Waals surface area contributed by atoms with Crippen LogP contribution < -0.4 is 10.6 Å². The Kier molecular flexibility index (Phi) is 6.31. The lowest BCUT2D eigenvalue weighted by molar-refractivity contribution is 0.0927. The fourth-order valence-corrected chi connectivity index (χ4v) is 4.68. The molecule has 0 aliphatic heterocycles. The molecule has 0 unspecified atom stereocenters. The fourth-order valence-electron chi connectivity index (χ4n) is 4.68. The van der Waals surface area contributed by atoms with Gasteiger partial charge in [0.15, 0.2) is 0 Å². The van der Waals surface area contributed by atoms with Gasteiger partial charge in [-0.05, 0) is 86.5 Å². The minimum atomic E-state index is -0.312. The van der Waals surface area contributed by atoms with E-state index in [0.29, 0.717) is 16.8 Å². The van der Waals surface area contributed by atoms with Crippen molar-refractivity contribution in [3.05, 3.63) is 89.5 Å². The molecule has 0 spiro atoms. The lowest BCUT2D eigenvalue weighted by Crippen LogP contribution is -2.36. The highest BCUT2D eigenvalue weighted by Gasteiger charge is 2.17. The number of imidazole rings is 1. The molecule has 7 heteroatoms. The van der Waals surface area contributed by atoms with Gasteiger partial charge in [-0.3, -0.25) is 14.2 Å². The van der Waals surface area contributed by atoms with Crippen molar-refractivity contribution in [2.24, 2.45) is 0 Å². The average molecular weight is 471 g/mol. The third-order valence-corrected chi connectivity index (χ3v) is 6.51. The van der Waals surface area contributed by atoms with Gasteiger partial charge in [0.25, 0.3) is 11.8 Å². The minimum Gasteiger partial charge on any atom is -0.349 e. The number of nitrogens with one attached hydrogen (secondary N) is 2. The molecule has 178 valence electrons. The van der Waals surface area contributed by atoms with Gasteiger partial charge < -0.3 is 10.6 Å². The van der Waals surface area contributed by atoms with E-state index in [4.69, 9.17) is 0 Å². The number of hydrogen-bond acceptors (Lipinski definition) is 3. The molecular formula is C28H27FN4O2. The van der Waals surface area contributed by atoms with Crippen LogP contribution in [-0.4, -0.2) is 27.4 Å². The molecule has 5 rings (SSSR count). The smallest absolute Gasteiger partial charge is 0.255 e. The van der Waals surface area contributed by atoms with E-state index in [1.54, 1.807) is 54.6 Å². The van der Waals surface area contributed by atoms with E-state index in [2.05, 4.69) is 15.6 Å². The van der Waals surface area contributed by atoms with Crippen LogP contribution in [0, 0.1) is 12.7 Å². The molecule has 2 amide bonds. The molecule has 2 N–H and O–H groups in total. The monoisotopic (exact) mass is 470 g/mol. The third-order valence-electron chi connectivity index (χ3n) is 6.51. The number of halogens is 1. The Labute approximate surface area is 203 Å². The van der Waals surface area contributed by atoms with Gasteiger partial charge in [-0.25, -0.2) is 9.37 Å². The van der Waals surface area contributed by atoms with Crippen LogP contribution >= 0.6 is 0 Å². The van der Waals surface area contributed by atoms with Gasteiger partial charge in [-0.1, -0.05) is 19.3 Å². The summed E-state index contributed by atoms with van der Waals surface area (Å²) >= 11 is 0. The summed E-state index contributed by atoms with van der Waals surface area (Å²) in [5, 5.41) is 6.00. The van der Waals surface area contributed by atoms with E-state index >= 15 is 0 Å². The summed E-state index contributed by atoms with van der Waals surface area (Å²) in [6.07, 6.45) is 5.62. The molecule has 0 bridgehead atoms. The quantitative estimate of drug-likeness (QED) is 0.388. The van der Waals surface area contributed by atoms with Crippen LogP contribution in [0.25, 0.3) is 16.7 Å². The van der Waals surface area contributed by atoms with Crippen LogP contribution in [0.15, 0.2) is 66.7 Å². The fraction of sp³-hybridized carbons (Fsp3) is 0.250. The molecule has 0 radical (unpaired) electrons. The number of amides is 2. The molecule has 1 fully saturated rings. The molecular weight excluding hydrogens is 443 g/mol. The molecule has 0 atom stereocenters. The highest BCUT2D eigenvalue weighted by atomic mass is 19.1. The van der Waals surface area contributed by atoms with Gasteiger partial charge in [0.1, 0.15) is 11.6 Å². The van der Waals surface area contributed by atoms with E-state index in [9.17, 15) is 14.0 Å². The number of rotatable bonds is 5. The zero-order chi connectivity index (χ0) is 24.4. The molecule has 6 nitrogen and oxygen atoms in total. The largest absolute Gasteiger partial charge is 0.349 e. The van der Waals surface area contributed by atoms with E-state index in [1.165, 1.54) is 18.6 Å². The number of carbonyl (C=O) groups is 2. The summed E-state index contributed by atoms with van der Waals surface area (Å²) in [5.41, 5.74) is 3.93. The number of aryl methyl sites for hydroxylation is 1. The summed E-state index contributed by atoms with van der Waals surface area (Å²) in [7, 11) is 0. The first-order valence-electron chi connectivity index (χ1n) is 12.0. The SMILES string of the molecule is Cc1nc2ccc(C(=O)Nc3ccc(C(=O)NC4CCCCC4)cc3)cc2n1-c1ccc(F)cc1. The van der Waals surface area contributed by atoms with Crippen molar-refractivity contribution in [2.75, 3.05) is 5.32 Å². The van der Waals surface area contributed by atoms with Gasteiger partial charge >= 0.3 is 0 Å². The summed E-state index contributed by atoms with van der Waals surface area (Å²) in [6.45, 7) is 1.87. The third kappa shape index (κ3) is 4.94. The average Bonchev–Trinajstić information content (AvgIpc) is 3.20. The summed E-state index contributed by atoms with van der Waals surface area (Å²) in [6, 6.07) is 18.6. The van der Waals surface area contributed by atoms with E-state index in [1.807, 2.05) is 11.5 Å². The molecule has 1 heterocycles. The van der Waals surface area contributed by atoms with Crippen LogP contribution in [0.1, 0.15) is 58.6 Å². The molecule has 4 aromatic rings. The number of carbonyl (C=O) groups excluding carboxylic acids is 2. The first-order chi connectivity index (χ1) is 17.0. The second-order valence-corrected chi connectivity index (χ2v) is 9.01. The number of anilines is 1. The van der Waals surface area contributed by atoms with Crippen molar-refractivity contribution in [3.63, 3.8) is 0 Å². The number of benzene rings is 3. The van der Waals surface area contributed by atoms with Crippen LogP contribution in [0.2, 0.25) is 0 Å². The van der Waals surface area contributed by atoms with Crippen LogP contribution in [0.3, 0.4) is 0 Å². The van der Waals surface area contributed by atoms with Crippen molar-refractivity contribution in [3.8, 4) is 5.69 Å². The summed E-state index contributed by atoms with van der Waals surface area (Å²) < 4.78 is 15.3. The minimum absolute atomic E-state index is 0.0790. The maximum absolute atomic E-state index is 13.4. The first-order valence-corrected chi connectivity index (χ1v) is 12.0. The van der Waals surface area contributed by atoms with Crippen molar-refractivity contribution in [2.45, 2.75) is 45.1 Å². The topological polar surface area (TPSA) is 76.0 Å². The zero-order valence-electron chi connectivity index (χ0n) is 19.6. The first kappa shape index (κ1) is 22.8. The molecule has 3 aromatic carbocycles. The number of hydrogen-bond donors (Lipinski definition) is 2. The Morgan fingerprint density at radius 1 is 0.886 bits per heavy atom. The van der Waals surface area contributed by atoms with Crippen molar-refractivity contribution in [1.82, 2.24) is 14.9 Å². The van der Waals surface area contributed by atoms with Gasteiger partial charge in [0, 0.05) is 28.5 Å². The van der Waals surface area contributed by atoms with Crippen molar-refractivity contribution < 1.29 is 14.0 Å². The lowest BCUT2D eigenvalue weighted by Gasteiger charge is -2.22. The Balaban J connectivity index is 1.31. The Bertz CT molecular complexity index is 1370. The van der Waals surface area contributed by atoms with E-state index in [-0.39, 0.29) is 23.7 Å². The van der Waals surface area contributed by atoms with Crippen LogP contribution in [0.4, 0.5) is 10.1 Å². The Morgan fingerprint density at radius 3 is 2.29 bits per heavy atom. The highest BCUT2D eigenvalue weighted by Crippen LogP contribution is 2.24. The molecule has 35 heavy (non-hydrogen) atoms. The maximum Gasteiger partial charge on any atom is 0.255 e. The lowest BCUT2D eigenvalue weighted by atomic mass is 9.95. The summed E-state index contributed by atoms with van der Waals surface area (Å²) in [4.78, 5) is 30.1.